The highest BCUT2D eigenvalue weighted by Gasteiger charge is 2.37. The summed E-state index contributed by atoms with van der Waals surface area (Å²) in [4.78, 5) is 16.6. The molecule has 0 fully saturated rings. The summed E-state index contributed by atoms with van der Waals surface area (Å²) in [6, 6.07) is 5.60. The lowest BCUT2D eigenvalue weighted by molar-refractivity contribution is -0.115. The number of carbonyl (C=O) groups is 1. The molecule has 0 bridgehead atoms. The topological polar surface area (TPSA) is 92.0 Å². The Balaban J connectivity index is 2.22. The van der Waals surface area contributed by atoms with Crippen molar-refractivity contribution in [3.8, 4) is 0 Å². The fourth-order valence-corrected chi connectivity index (χ4v) is 4.59. The lowest BCUT2D eigenvalue weighted by atomic mass is 10.1. The molecular weight excluding hydrogens is 362 g/mol. The van der Waals surface area contributed by atoms with E-state index in [0.717, 1.165) is 18.4 Å². The van der Waals surface area contributed by atoms with E-state index < -0.39 is 40.7 Å². The number of amides is 1. The number of benzene rings is 1. The van der Waals surface area contributed by atoms with Gasteiger partial charge in [0.25, 0.3) is 10.0 Å². The molecule has 0 spiro atoms. The quantitative estimate of drug-likeness (QED) is 0.855. The molecule has 1 N–H and O–H groups in total. The normalized spacial score (nSPS) is 21.0. The number of thiazole rings is 1. The van der Waals surface area contributed by atoms with Crippen LogP contribution in [0.25, 0.3) is 5.76 Å². The number of aryl methyl sites for hydroxylation is 2. The van der Waals surface area contributed by atoms with Gasteiger partial charge in [-0.25, -0.2) is 8.42 Å². The van der Waals surface area contributed by atoms with E-state index in [0.29, 0.717) is 13.7 Å². The lowest BCUT2D eigenvalue weighted by Crippen LogP contribution is -2.35. The number of hydrogen-bond donors (Lipinski definition) is 1. The molecule has 1 aliphatic heterocycles. The number of aliphatic hydroxyl groups excluding tert-OH is 1. The van der Waals surface area contributed by atoms with E-state index in [1.807, 2.05) is 0 Å². The maximum atomic E-state index is 12.9. The lowest BCUT2D eigenvalue weighted by Gasteiger charge is -2.27. The molecule has 0 unspecified atom stereocenters. The monoisotopic (exact) mass is 384 g/mol. The predicted octanol–water partition coefficient (Wildman–Crippen LogP) is 1.87. The molecule has 9 heteroatoms. The maximum Gasteiger partial charge on any atom is 0.300 e. The zero-order valence-electron chi connectivity index (χ0n) is 18.2. The molecule has 25 heavy (non-hydrogen) atoms. The Hall–Kier alpha value is -2.39. The Morgan fingerprint density at radius 1 is 1.44 bits per heavy atom. The van der Waals surface area contributed by atoms with E-state index in [1.165, 1.54) is 30.5 Å². The van der Waals surface area contributed by atoms with Gasteiger partial charge in [-0.15, -0.1) is 11.3 Å². The average molecular weight is 384 g/mol. The van der Waals surface area contributed by atoms with Crippen molar-refractivity contribution in [2.24, 2.45) is 4.99 Å². The molecule has 1 aliphatic rings. The number of nitrogens with zero attached hydrogens (tertiary/aromatic N) is 3. The van der Waals surface area contributed by atoms with Gasteiger partial charge < -0.3 is 9.67 Å². The standard InChI is InChI=1S/C16H17N3O4S2/c1-4-19-9-10(2)24-16(19)17-15(21)13-14(20)11-7-5-6-8-12(11)25(22,23)18(13)3/h5-9,20H,4H2,1-3H3/i1D3,4D2. The molecule has 2 heterocycles. The average Bonchev–Trinajstić information content (AvgIpc) is 3.00. The molecular formula is C16H17N3O4S2. The van der Waals surface area contributed by atoms with Gasteiger partial charge in [-0.1, -0.05) is 12.1 Å². The van der Waals surface area contributed by atoms with Gasteiger partial charge in [0, 0.05) is 37.0 Å². The number of hydrogen-bond acceptors (Lipinski definition) is 5. The van der Waals surface area contributed by atoms with Crippen LogP contribution in [0.15, 0.2) is 46.0 Å². The Labute approximate surface area is 156 Å². The number of fused-ring (bicyclic) bond motifs is 1. The largest absolute Gasteiger partial charge is 0.505 e. The first-order chi connectivity index (χ1) is 13.7. The molecule has 0 aliphatic carbocycles. The van der Waals surface area contributed by atoms with Gasteiger partial charge in [-0.2, -0.15) is 4.99 Å². The van der Waals surface area contributed by atoms with Crippen molar-refractivity contribution in [2.45, 2.75) is 25.2 Å². The second kappa shape index (κ2) is 6.16. The summed E-state index contributed by atoms with van der Waals surface area (Å²) < 4.78 is 64.9. The summed E-state index contributed by atoms with van der Waals surface area (Å²) in [6.45, 7) is -4.35. The third-order valence-corrected chi connectivity index (χ3v) is 6.32. The molecule has 0 saturated carbocycles. The van der Waals surface area contributed by atoms with Crippen LogP contribution in [0.1, 0.15) is 24.1 Å². The van der Waals surface area contributed by atoms with E-state index >= 15 is 0 Å². The Morgan fingerprint density at radius 3 is 2.88 bits per heavy atom. The number of carbonyl (C=O) groups excluding carboxylic acids is 1. The van der Waals surface area contributed by atoms with Gasteiger partial charge in [-0.05, 0) is 25.9 Å². The molecule has 1 aromatic carbocycles. The van der Waals surface area contributed by atoms with E-state index in [4.69, 9.17) is 6.85 Å². The summed E-state index contributed by atoms with van der Waals surface area (Å²) in [6.07, 6.45) is 1.20. The van der Waals surface area contributed by atoms with Crippen molar-refractivity contribution >= 4 is 33.0 Å². The van der Waals surface area contributed by atoms with Crippen molar-refractivity contribution in [1.82, 2.24) is 8.87 Å². The number of aliphatic hydroxyl groups is 1. The molecule has 132 valence electrons. The predicted molar refractivity (Wildman–Crippen MR) is 94.2 cm³/mol. The molecule has 3 rings (SSSR count). The van der Waals surface area contributed by atoms with E-state index in [-0.39, 0.29) is 15.3 Å². The fourth-order valence-electron chi connectivity index (χ4n) is 2.42. The summed E-state index contributed by atoms with van der Waals surface area (Å²) in [5.74, 6) is -1.76. The molecule has 0 saturated heterocycles. The van der Waals surface area contributed by atoms with Gasteiger partial charge in [0.05, 0.1) is 4.90 Å². The second-order valence-electron chi connectivity index (χ2n) is 5.19. The number of rotatable bonds is 2. The maximum absolute atomic E-state index is 12.9. The van der Waals surface area contributed by atoms with Crippen molar-refractivity contribution in [3.63, 3.8) is 0 Å². The third kappa shape index (κ3) is 2.79. The van der Waals surface area contributed by atoms with Crippen molar-refractivity contribution in [3.05, 3.63) is 51.4 Å². The Bertz CT molecular complexity index is 1240. The van der Waals surface area contributed by atoms with Crippen LogP contribution in [0.3, 0.4) is 0 Å². The minimum atomic E-state index is -4.13. The van der Waals surface area contributed by atoms with Crippen LogP contribution < -0.4 is 4.80 Å². The van der Waals surface area contributed by atoms with E-state index in [9.17, 15) is 18.3 Å². The number of sulfonamides is 1. The second-order valence-corrected chi connectivity index (χ2v) is 8.34. The van der Waals surface area contributed by atoms with Crippen LogP contribution in [-0.2, 0) is 21.3 Å². The minimum absolute atomic E-state index is 0.0674. The van der Waals surface area contributed by atoms with Gasteiger partial charge in [0.15, 0.2) is 16.3 Å². The van der Waals surface area contributed by atoms with Crippen molar-refractivity contribution in [1.29, 1.82) is 0 Å². The summed E-state index contributed by atoms with van der Waals surface area (Å²) >= 11 is 0.851. The fraction of sp³-hybridized carbons (Fsp3) is 0.250. The van der Waals surface area contributed by atoms with Crippen LogP contribution in [0.4, 0.5) is 0 Å². The zero-order chi connectivity index (χ0) is 22.6. The zero-order valence-corrected chi connectivity index (χ0v) is 14.8. The minimum Gasteiger partial charge on any atom is -0.505 e. The van der Waals surface area contributed by atoms with Crippen LogP contribution in [0.2, 0.25) is 0 Å². The molecule has 1 aromatic heterocycles. The van der Waals surface area contributed by atoms with Gasteiger partial charge >= 0.3 is 5.91 Å². The first-order valence-corrected chi connectivity index (χ1v) is 9.25. The molecule has 7 nitrogen and oxygen atoms in total. The van der Waals surface area contributed by atoms with Crippen LogP contribution in [0.5, 0.6) is 0 Å². The van der Waals surface area contributed by atoms with E-state index in [2.05, 4.69) is 4.99 Å². The van der Waals surface area contributed by atoms with Gasteiger partial charge in [0.1, 0.15) is 0 Å². The van der Waals surface area contributed by atoms with Gasteiger partial charge in [-0.3, -0.25) is 9.10 Å². The first-order valence-electron chi connectivity index (χ1n) is 9.50. The van der Waals surface area contributed by atoms with E-state index in [1.54, 1.807) is 6.92 Å². The molecule has 1 amide bonds. The van der Waals surface area contributed by atoms with Crippen molar-refractivity contribution < 1.29 is 25.2 Å². The summed E-state index contributed by atoms with van der Waals surface area (Å²) in [5, 5.41) is 10.6. The molecule has 0 radical (unpaired) electrons. The number of likely N-dealkylation sites (N-methyl/N-ethyl adjacent to an activating group) is 1. The molecule has 0 atom stereocenters. The third-order valence-electron chi connectivity index (χ3n) is 3.61. The van der Waals surface area contributed by atoms with Crippen molar-refractivity contribution in [2.75, 3.05) is 7.05 Å². The highest BCUT2D eigenvalue weighted by molar-refractivity contribution is 7.89. The number of aromatic nitrogens is 1. The smallest absolute Gasteiger partial charge is 0.300 e. The van der Waals surface area contributed by atoms with Gasteiger partial charge in [0.2, 0.25) is 0 Å². The summed E-state index contributed by atoms with van der Waals surface area (Å²) in [7, 11) is -3.05. The SMILES string of the molecule is [2H]C([2H])([2H])C([2H])([2H])n1cc(C)sc1=NC(=O)C1=C(O)c2ccccc2S(=O)(=O)N1C. The summed E-state index contributed by atoms with van der Waals surface area (Å²) in [5.41, 5.74) is -0.692. The van der Waals surface area contributed by atoms with Crippen LogP contribution >= 0.6 is 11.3 Å². The molecule has 2 aromatic rings. The first kappa shape index (κ1) is 12.0. The van der Waals surface area contributed by atoms with Crippen LogP contribution in [-0.4, -0.2) is 35.4 Å². The highest BCUT2D eigenvalue weighted by Crippen LogP contribution is 2.34. The highest BCUT2D eigenvalue weighted by atomic mass is 32.2. The Kier molecular flexibility index (Phi) is 2.97. The Morgan fingerprint density at radius 2 is 2.16 bits per heavy atom. The van der Waals surface area contributed by atoms with Crippen LogP contribution in [0, 0.1) is 6.92 Å².